The molecule has 1 unspecified atom stereocenters. The first-order chi connectivity index (χ1) is 15.6. The molecule has 0 radical (unpaired) electrons. The van der Waals surface area contributed by atoms with E-state index in [0.717, 1.165) is 18.7 Å². The van der Waals surface area contributed by atoms with Crippen LogP contribution in [0.5, 0.6) is 0 Å². The number of nitrogens with zero attached hydrogens (tertiary/aromatic N) is 2. The molecular formula is C23H26F6N2O2. The van der Waals surface area contributed by atoms with E-state index in [9.17, 15) is 26.3 Å². The van der Waals surface area contributed by atoms with Crippen molar-refractivity contribution in [1.29, 1.82) is 0 Å². The van der Waals surface area contributed by atoms with E-state index in [4.69, 9.17) is 9.84 Å². The van der Waals surface area contributed by atoms with Gasteiger partial charge in [-0.2, -0.15) is 26.3 Å². The van der Waals surface area contributed by atoms with Gasteiger partial charge in [-0.15, -0.1) is 0 Å². The summed E-state index contributed by atoms with van der Waals surface area (Å²) in [6, 6.07) is 10.7. The second kappa shape index (κ2) is 10.9. The Hall–Kier alpha value is -2.14. The van der Waals surface area contributed by atoms with Gasteiger partial charge >= 0.3 is 12.4 Å². The highest BCUT2D eigenvalue weighted by molar-refractivity contribution is 5.33. The van der Waals surface area contributed by atoms with Gasteiger partial charge in [-0.1, -0.05) is 30.3 Å². The number of aliphatic hydroxyl groups excluding tert-OH is 1. The van der Waals surface area contributed by atoms with Crippen LogP contribution in [0.1, 0.15) is 28.3 Å². The fourth-order valence-electron chi connectivity index (χ4n) is 3.92. The van der Waals surface area contributed by atoms with E-state index in [-0.39, 0.29) is 37.5 Å². The summed E-state index contributed by atoms with van der Waals surface area (Å²) in [5.74, 6) is 0. The van der Waals surface area contributed by atoms with Crippen LogP contribution in [-0.2, 0) is 23.7 Å². The molecule has 0 aliphatic carbocycles. The summed E-state index contributed by atoms with van der Waals surface area (Å²) in [6.07, 6.45) is -9.78. The molecule has 1 atom stereocenters. The number of β-amino-alcohol motifs (C(OH)–C–C–N with tert-alkyl or cyclic N) is 1. The van der Waals surface area contributed by atoms with E-state index < -0.39 is 23.5 Å². The summed E-state index contributed by atoms with van der Waals surface area (Å²) in [6.45, 7) is 3.27. The topological polar surface area (TPSA) is 35.9 Å². The van der Waals surface area contributed by atoms with Gasteiger partial charge in [-0.3, -0.25) is 9.80 Å². The minimum absolute atomic E-state index is 0.0716. The lowest BCUT2D eigenvalue weighted by Crippen LogP contribution is -2.49. The van der Waals surface area contributed by atoms with Crippen molar-refractivity contribution in [3.05, 3.63) is 70.8 Å². The van der Waals surface area contributed by atoms with E-state index in [1.165, 1.54) is 0 Å². The first-order valence-electron chi connectivity index (χ1n) is 10.6. The van der Waals surface area contributed by atoms with E-state index in [2.05, 4.69) is 9.80 Å². The van der Waals surface area contributed by atoms with Crippen molar-refractivity contribution < 1.29 is 36.2 Å². The second-order valence-electron chi connectivity index (χ2n) is 7.96. The number of benzene rings is 2. The van der Waals surface area contributed by atoms with Crippen LogP contribution in [0.4, 0.5) is 26.3 Å². The van der Waals surface area contributed by atoms with Crippen LogP contribution in [0.3, 0.4) is 0 Å². The quantitative estimate of drug-likeness (QED) is 0.566. The largest absolute Gasteiger partial charge is 0.416 e. The molecule has 1 aliphatic heterocycles. The summed E-state index contributed by atoms with van der Waals surface area (Å²) in [5, 5.41) is 9.12. The Labute approximate surface area is 188 Å². The maximum absolute atomic E-state index is 13.1. The van der Waals surface area contributed by atoms with Crippen molar-refractivity contribution in [2.24, 2.45) is 0 Å². The van der Waals surface area contributed by atoms with E-state index in [1.54, 1.807) is 0 Å². The van der Waals surface area contributed by atoms with Gasteiger partial charge in [0.15, 0.2) is 0 Å². The lowest BCUT2D eigenvalue weighted by atomic mass is 10.0. The zero-order chi connectivity index (χ0) is 24.1. The molecule has 4 nitrogen and oxygen atoms in total. The highest BCUT2D eigenvalue weighted by atomic mass is 19.4. The molecule has 1 aliphatic rings. The van der Waals surface area contributed by atoms with Gasteiger partial charge in [0, 0.05) is 32.7 Å². The zero-order valence-electron chi connectivity index (χ0n) is 17.9. The minimum atomic E-state index is -4.89. The molecule has 0 spiro atoms. The SMILES string of the molecule is OCCN1CCN(C(COCc2cc(C(F)(F)F)cc(C(F)(F)F)c2)c2ccccc2)CC1. The third-order valence-electron chi connectivity index (χ3n) is 5.64. The zero-order valence-corrected chi connectivity index (χ0v) is 17.9. The van der Waals surface area contributed by atoms with Crippen molar-refractivity contribution >= 4 is 0 Å². The number of ether oxygens (including phenoxy) is 1. The van der Waals surface area contributed by atoms with Gasteiger partial charge in [-0.05, 0) is 29.3 Å². The number of halogens is 6. The lowest BCUT2D eigenvalue weighted by Gasteiger charge is -2.39. The first-order valence-corrected chi connectivity index (χ1v) is 10.6. The van der Waals surface area contributed by atoms with Crippen LogP contribution in [0, 0.1) is 0 Å². The summed E-state index contributed by atoms with van der Waals surface area (Å²) in [7, 11) is 0. The Morgan fingerprint density at radius 3 is 1.94 bits per heavy atom. The normalized spacial score (nSPS) is 17.3. The molecule has 1 fully saturated rings. The Balaban J connectivity index is 1.73. The van der Waals surface area contributed by atoms with Crippen LogP contribution >= 0.6 is 0 Å². The molecule has 1 heterocycles. The molecule has 2 aromatic rings. The average Bonchev–Trinajstić information content (AvgIpc) is 2.77. The molecule has 0 amide bonds. The summed E-state index contributed by atoms with van der Waals surface area (Å²) in [4.78, 5) is 4.30. The third-order valence-corrected chi connectivity index (χ3v) is 5.64. The van der Waals surface area contributed by atoms with Gasteiger partial charge in [0.2, 0.25) is 0 Å². The molecule has 1 N–H and O–H groups in total. The van der Waals surface area contributed by atoms with Crippen molar-refractivity contribution in [2.75, 3.05) is 45.9 Å². The number of rotatable bonds is 8. The van der Waals surface area contributed by atoms with Crippen LogP contribution in [0.25, 0.3) is 0 Å². The van der Waals surface area contributed by atoms with Crippen LogP contribution in [-0.4, -0.2) is 60.8 Å². The van der Waals surface area contributed by atoms with Crippen molar-refractivity contribution in [1.82, 2.24) is 9.80 Å². The van der Waals surface area contributed by atoms with E-state index >= 15 is 0 Å². The van der Waals surface area contributed by atoms with Crippen LogP contribution in [0.15, 0.2) is 48.5 Å². The number of hydrogen-bond acceptors (Lipinski definition) is 4. The third kappa shape index (κ3) is 7.17. The van der Waals surface area contributed by atoms with Crippen molar-refractivity contribution in [3.63, 3.8) is 0 Å². The Bertz CT molecular complexity index is 849. The Morgan fingerprint density at radius 2 is 1.42 bits per heavy atom. The number of piperazine rings is 1. The maximum atomic E-state index is 13.1. The highest BCUT2D eigenvalue weighted by Crippen LogP contribution is 2.36. The summed E-state index contributed by atoms with van der Waals surface area (Å²) in [5.41, 5.74) is -1.93. The fourth-order valence-corrected chi connectivity index (χ4v) is 3.92. The molecule has 10 heteroatoms. The predicted octanol–water partition coefficient (Wildman–Crippen LogP) is 4.59. The fraction of sp³-hybridized carbons (Fsp3) is 0.478. The van der Waals surface area contributed by atoms with Gasteiger partial charge < -0.3 is 9.84 Å². The predicted molar refractivity (Wildman–Crippen MR) is 110 cm³/mol. The molecule has 1 saturated heterocycles. The van der Waals surface area contributed by atoms with E-state index in [1.807, 2.05) is 30.3 Å². The number of aliphatic hydroxyl groups is 1. The van der Waals surface area contributed by atoms with Crippen molar-refractivity contribution in [2.45, 2.75) is 25.0 Å². The standard InChI is InChI=1S/C23H26F6N2O2/c24-22(25,26)19-12-17(13-20(14-19)23(27,28)29)15-33-16-21(18-4-2-1-3-5-18)31-8-6-30(7-9-31)10-11-32/h1-5,12-14,21,32H,6-11,15-16H2. The number of alkyl halides is 6. The number of hydrogen-bond donors (Lipinski definition) is 1. The second-order valence-corrected chi connectivity index (χ2v) is 7.96. The Kier molecular flexibility index (Phi) is 8.38. The molecule has 0 saturated carbocycles. The van der Waals surface area contributed by atoms with Crippen LogP contribution < -0.4 is 0 Å². The van der Waals surface area contributed by atoms with Gasteiger partial charge in [0.25, 0.3) is 0 Å². The molecule has 3 rings (SSSR count). The van der Waals surface area contributed by atoms with Gasteiger partial charge in [-0.25, -0.2) is 0 Å². The smallest absolute Gasteiger partial charge is 0.395 e. The summed E-state index contributed by atoms with van der Waals surface area (Å²) < 4.78 is 84.3. The van der Waals surface area contributed by atoms with Gasteiger partial charge in [0.05, 0.1) is 37.0 Å². The molecule has 182 valence electrons. The monoisotopic (exact) mass is 476 g/mol. The van der Waals surface area contributed by atoms with Crippen LogP contribution in [0.2, 0.25) is 0 Å². The first kappa shape index (κ1) is 25.5. The maximum Gasteiger partial charge on any atom is 0.416 e. The molecule has 33 heavy (non-hydrogen) atoms. The molecule has 0 aromatic heterocycles. The van der Waals surface area contributed by atoms with E-state index in [0.29, 0.717) is 31.8 Å². The summed E-state index contributed by atoms with van der Waals surface area (Å²) >= 11 is 0. The highest BCUT2D eigenvalue weighted by Gasteiger charge is 2.37. The molecule has 0 bridgehead atoms. The Morgan fingerprint density at radius 1 is 0.848 bits per heavy atom. The lowest BCUT2D eigenvalue weighted by molar-refractivity contribution is -0.143. The van der Waals surface area contributed by atoms with Gasteiger partial charge in [0.1, 0.15) is 0 Å². The molecule has 2 aromatic carbocycles. The average molecular weight is 476 g/mol. The molecular weight excluding hydrogens is 450 g/mol. The van der Waals surface area contributed by atoms with Crippen molar-refractivity contribution in [3.8, 4) is 0 Å². The minimum Gasteiger partial charge on any atom is -0.395 e.